The molecule has 1 atom stereocenters. The highest BCUT2D eigenvalue weighted by atomic mass is 32.1. The number of nitrogens with two attached hydrogens (primary N) is 1. The molecule has 0 aliphatic carbocycles. The predicted molar refractivity (Wildman–Crippen MR) is 54.5 cm³/mol. The predicted octanol–water partition coefficient (Wildman–Crippen LogP) is 0.732. The lowest BCUT2D eigenvalue weighted by atomic mass is 10.1. The number of quaternary nitrogens is 1. The summed E-state index contributed by atoms with van der Waals surface area (Å²) < 4.78 is 0. The van der Waals surface area contributed by atoms with Crippen LogP contribution in [0, 0.1) is 5.92 Å². The molecule has 0 aromatic carbocycles. The van der Waals surface area contributed by atoms with E-state index in [9.17, 15) is 4.79 Å². The first-order valence-electron chi connectivity index (χ1n) is 4.54. The number of thiazole rings is 1. The van der Waals surface area contributed by atoms with E-state index < -0.39 is 5.97 Å². The molecule has 5 heteroatoms. The maximum atomic E-state index is 10.6. The van der Waals surface area contributed by atoms with Gasteiger partial charge in [-0.3, -0.25) is 0 Å². The van der Waals surface area contributed by atoms with Crippen molar-refractivity contribution in [1.82, 2.24) is 4.98 Å². The van der Waals surface area contributed by atoms with Crippen LogP contribution >= 0.6 is 11.3 Å². The Balaban J connectivity index is 2.89. The van der Waals surface area contributed by atoms with Crippen molar-refractivity contribution in [1.29, 1.82) is 0 Å². The topological polar surface area (TPSA) is 66.8 Å². The minimum Gasteiger partial charge on any atom is -0.476 e. The van der Waals surface area contributed by atoms with E-state index in [2.05, 4.69) is 24.1 Å². The van der Waals surface area contributed by atoms with Crippen molar-refractivity contribution in [2.75, 3.05) is 7.05 Å². The molecule has 1 aromatic heterocycles. The number of carboxylic acid groups (broad SMARTS) is 1. The quantitative estimate of drug-likeness (QED) is 0.778. The molecule has 14 heavy (non-hydrogen) atoms. The van der Waals surface area contributed by atoms with Gasteiger partial charge in [0.25, 0.3) is 0 Å². The first kappa shape index (κ1) is 11.1. The van der Waals surface area contributed by atoms with E-state index in [1.54, 1.807) is 5.38 Å². The van der Waals surface area contributed by atoms with Crippen LogP contribution < -0.4 is 5.32 Å². The van der Waals surface area contributed by atoms with Crippen LogP contribution in [0.4, 0.5) is 0 Å². The Morgan fingerprint density at radius 1 is 1.64 bits per heavy atom. The van der Waals surface area contributed by atoms with E-state index in [0.717, 1.165) is 5.01 Å². The summed E-state index contributed by atoms with van der Waals surface area (Å²) in [7, 11) is 1.98. The van der Waals surface area contributed by atoms with Crippen LogP contribution in [0.1, 0.15) is 35.4 Å². The second-order valence-electron chi connectivity index (χ2n) is 3.48. The Labute approximate surface area is 87.0 Å². The highest BCUT2D eigenvalue weighted by Gasteiger charge is 2.22. The third-order valence-electron chi connectivity index (χ3n) is 2.10. The normalized spacial score (nSPS) is 13.1. The molecular formula is C9H15N2O2S+. The van der Waals surface area contributed by atoms with E-state index >= 15 is 0 Å². The Kier molecular flexibility index (Phi) is 3.60. The number of carbonyl (C=O) groups is 1. The third kappa shape index (κ3) is 2.30. The van der Waals surface area contributed by atoms with Crippen LogP contribution in [0.5, 0.6) is 0 Å². The zero-order valence-electron chi connectivity index (χ0n) is 8.52. The van der Waals surface area contributed by atoms with Gasteiger partial charge in [0, 0.05) is 11.3 Å². The minimum atomic E-state index is -0.953. The largest absolute Gasteiger partial charge is 0.476 e. The third-order valence-corrected chi connectivity index (χ3v) is 3.05. The number of aromatic carboxylic acids is 1. The van der Waals surface area contributed by atoms with Crippen molar-refractivity contribution in [3.05, 3.63) is 16.1 Å². The van der Waals surface area contributed by atoms with Crippen LogP contribution in [0.2, 0.25) is 0 Å². The van der Waals surface area contributed by atoms with Gasteiger partial charge in [0.15, 0.2) is 10.7 Å². The second-order valence-corrected chi connectivity index (χ2v) is 4.37. The van der Waals surface area contributed by atoms with Gasteiger partial charge in [-0.05, 0) is 0 Å². The summed E-state index contributed by atoms with van der Waals surface area (Å²) in [6.07, 6.45) is 0. The average Bonchev–Trinajstić information content (AvgIpc) is 2.53. The van der Waals surface area contributed by atoms with Crippen LogP contribution in [0.3, 0.4) is 0 Å². The van der Waals surface area contributed by atoms with Gasteiger partial charge in [-0.15, -0.1) is 11.3 Å². The molecule has 0 fully saturated rings. The molecule has 0 spiro atoms. The lowest BCUT2D eigenvalue weighted by Gasteiger charge is -2.13. The van der Waals surface area contributed by atoms with Crippen molar-refractivity contribution in [2.45, 2.75) is 19.9 Å². The lowest BCUT2D eigenvalue weighted by molar-refractivity contribution is -0.676. The van der Waals surface area contributed by atoms with Gasteiger partial charge in [-0.2, -0.15) is 0 Å². The van der Waals surface area contributed by atoms with E-state index in [1.807, 2.05) is 7.05 Å². The summed E-state index contributed by atoms with van der Waals surface area (Å²) >= 11 is 1.42. The molecule has 0 saturated heterocycles. The molecule has 0 aliphatic heterocycles. The molecular weight excluding hydrogens is 200 g/mol. The van der Waals surface area contributed by atoms with Gasteiger partial charge in [-0.25, -0.2) is 9.78 Å². The molecule has 0 bridgehead atoms. The monoisotopic (exact) mass is 215 g/mol. The molecule has 78 valence electrons. The fraction of sp³-hybridized carbons (Fsp3) is 0.556. The van der Waals surface area contributed by atoms with Gasteiger partial charge in [0.2, 0.25) is 0 Å². The highest BCUT2D eigenvalue weighted by molar-refractivity contribution is 7.09. The molecule has 3 N–H and O–H groups in total. The van der Waals surface area contributed by atoms with Crippen molar-refractivity contribution < 1.29 is 15.2 Å². The summed E-state index contributed by atoms with van der Waals surface area (Å²) in [5.74, 6) is -0.501. The Morgan fingerprint density at radius 3 is 2.64 bits per heavy atom. The molecule has 0 saturated carbocycles. The van der Waals surface area contributed by atoms with Gasteiger partial charge >= 0.3 is 5.97 Å². The van der Waals surface area contributed by atoms with Crippen molar-refractivity contribution in [3.63, 3.8) is 0 Å². The number of nitrogens with zero attached hydrogens (tertiary/aromatic N) is 1. The summed E-state index contributed by atoms with van der Waals surface area (Å²) in [6.45, 7) is 4.21. The second kappa shape index (κ2) is 4.52. The van der Waals surface area contributed by atoms with Gasteiger partial charge in [0.1, 0.15) is 6.04 Å². The summed E-state index contributed by atoms with van der Waals surface area (Å²) in [5, 5.41) is 13.3. The van der Waals surface area contributed by atoms with Gasteiger partial charge in [0.05, 0.1) is 7.05 Å². The zero-order chi connectivity index (χ0) is 10.7. The molecule has 0 radical (unpaired) electrons. The van der Waals surface area contributed by atoms with Crippen LogP contribution in [0.25, 0.3) is 0 Å². The van der Waals surface area contributed by atoms with Crippen LogP contribution in [-0.4, -0.2) is 23.1 Å². The fourth-order valence-electron chi connectivity index (χ4n) is 1.35. The molecule has 4 nitrogen and oxygen atoms in total. The smallest absolute Gasteiger partial charge is 0.355 e. The number of hydrogen-bond donors (Lipinski definition) is 2. The molecule has 1 rings (SSSR count). The number of rotatable bonds is 4. The molecule has 1 unspecified atom stereocenters. The molecule has 0 amide bonds. The summed E-state index contributed by atoms with van der Waals surface area (Å²) in [4.78, 5) is 14.7. The molecule has 1 aromatic rings. The van der Waals surface area contributed by atoms with Crippen LogP contribution in [0.15, 0.2) is 5.38 Å². The van der Waals surface area contributed by atoms with Crippen molar-refractivity contribution in [3.8, 4) is 0 Å². The van der Waals surface area contributed by atoms with E-state index in [4.69, 9.17) is 5.11 Å². The van der Waals surface area contributed by atoms with Crippen molar-refractivity contribution >= 4 is 17.3 Å². The van der Waals surface area contributed by atoms with Crippen molar-refractivity contribution in [2.24, 2.45) is 5.92 Å². The Hall–Kier alpha value is -0.940. The van der Waals surface area contributed by atoms with E-state index in [1.165, 1.54) is 11.3 Å². The first-order chi connectivity index (χ1) is 6.56. The number of carboxylic acids is 1. The number of aromatic nitrogens is 1. The maximum absolute atomic E-state index is 10.6. The zero-order valence-corrected chi connectivity index (χ0v) is 9.34. The maximum Gasteiger partial charge on any atom is 0.355 e. The Morgan fingerprint density at radius 2 is 2.29 bits per heavy atom. The van der Waals surface area contributed by atoms with E-state index in [0.29, 0.717) is 5.92 Å². The fourth-order valence-corrected chi connectivity index (χ4v) is 2.45. The summed E-state index contributed by atoms with van der Waals surface area (Å²) in [6, 6.07) is 0.257. The SMILES string of the molecule is C[NH2+]C(c1nc(C(=O)O)cs1)C(C)C. The van der Waals surface area contributed by atoms with E-state index in [-0.39, 0.29) is 11.7 Å². The average molecular weight is 215 g/mol. The summed E-state index contributed by atoms with van der Waals surface area (Å²) in [5.41, 5.74) is 0.150. The van der Waals surface area contributed by atoms with Crippen LogP contribution in [-0.2, 0) is 0 Å². The van der Waals surface area contributed by atoms with Gasteiger partial charge in [-0.1, -0.05) is 13.8 Å². The standard InChI is InChI=1S/C9H14N2O2S/c1-5(2)7(10-3)8-11-6(4-14-8)9(12)13/h4-5,7,10H,1-3H3,(H,12,13)/p+1. The molecule has 0 aliphatic rings. The molecule has 1 heterocycles. The Bertz CT molecular complexity index is 322. The number of hydrogen-bond acceptors (Lipinski definition) is 3. The first-order valence-corrected chi connectivity index (χ1v) is 5.42. The lowest BCUT2D eigenvalue weighted by Crippen LogP contribution is -2.82. The minimum absolute atomic E-state index is 0.150. The highest BCUT2D eigenvalue weighted by Crippen LogP contribution is 2.21. The van der Waals surface area contributed by atoms with Gasteiger partial charge < -0.3 is 10.4 Å².